The lowest BCUT2D eigenvalue weighted by molar-refractivity contribution is 0.921. The van der Waals surface area contributed by atoms with Gasteiger partial charge >= 0.3 is 0 Å². The molecule has 58 valence electrons. The first-order valence-electron chi connectivity index (χ1n) is 3.99. The Morgan fingerprint density at radius 3 is 3.09 bits per heavy atom. The van der Waals surface area contributed by atoms with Crippen LogP contribution in [0.2, 0.25) is 0 Å². The monoisotopic (exact) mass is 166 g/mol. The summed E-state index contributed by atoms with van der Waals surface area (Å²) in [5, 5.41) is 0.842. The van der Waals surface area contributed by atoms with Crippen molar-refractivity contribution in [2.24, 2.45) is 11.8 Å². The van der Waals surface area contributed by atoms with Gasteiger partial charge in [-0.3, -0.25) is 0 Å². The topological polar surface area (TPSA) is 0 Å². The molecule has 0 aromatic rings. The first-order valence-corrected chi connectivity index (χ1v) is 4.37. The van der Waals surface area contributed by atoms with E-state index >= 15 is 0 Å². The Balaban J connectivity index is 2.28. The summed E-state index contributed by atoms with van der Waals surface area (Å²) in [6, 6.07) is 0. The molecule has 0 spiro atoms. The summed E-state index contributed by atoms with van der Waals surface area (Å²) in [4.78, 5) is 0. The zero-order valence-corrected chi connectivity index (χ0v) is 7.31. The Bertz CT molecular complexity index is 258. The van der Waals surface area contributed by atoms with Crippen molar-refractivity contribution in [3.63, 3.8) is 0 Å². The summed E-state index contributed by atoms with van der Waals surface area (Å²) in [5.74, 6) is 1.58. The van der Waals surface area contributed by atoms with Gasteiger partial charge in [0.25, 0.3) is 0 Å². The van der Waals surface area contributed by atoms with Crippen molar-refractivity contribution in [2.45, 2.75) is 13.3 Å². The van der Waals surface area contributed by atoms with Gasteiger partial charge < -0.3 is 0 Å². The second kappa shape index (κ2) is 2.53. The van der Waals surface area contributed by atoms with Gasteiger partial charge in [-0.05, 0) is 37.3 Å². The number of fused-ring (bicyclic) bond motifs is 1. The summed E-state index contributed by atoms with van der Waals surface area (Å²) < 4.78 is 0. The van der Waals surface area contributed by atoms with Crippen molar-refractivity contribution in [1.82, 2.24) is 0 Å². The minimum Gasteiger partial charge on any atom is -0.0844 e. The highest BCUT2D eigenvalue weighted by molar-refractivity contribution is 6.31. The standard InChI is InChI=1S/C10H11Cl/c1-7-2-4-9(11)5-3-8-6-10(7)8/h2-5,8,10H,6H2,1H3/b5-3+,7-2-,9-4+. The second-order valence-electron chi connectivity index (χ2n) is 3.33. The van der Waals surface area contributed by atoms with Crippen LogP contribution in [0.25, 0.3) is 0 Å². The SMILES string of the molecule is C/C1=C/C=C(Cl)\C=C\C2CC12. The predicted molar refractivity (Wildman–Crippen MR) is 48.4 cm³/mol. The maximum absolute atomic E-state index is 5.87. The van der Waals surface area contributed by atoms with E-state index in [1.165, 1.54) is 12.0 Å². The average molecular weight is 167 g/mol. The van der Waals surface area contributed by atoms with Crippen molar-refractivity contribution >= 4 is 11.6 Å². The molecule has 11 heavy (non-hydrogen) atoms. The molecule has 2 unspecified atom stereocenters. The Kier molecular flexibility index (Phi) is 1.65. The van der Waals surface area contributed by atoms with Gasteiger partial charge in [-0.15, -0.1) is 0 Å². The minimum absolute atomic E-state index is 0.772. The average Bonchev–Trinajstić information content (AvgIpc) is 2.73. The van der Waals surface area contributed by atoms with E-state index in [0.717, 1.165) is 16.9 Å². The molecule has 2 aliphatic carbocycles. The van der Waals surface area contributed by atoms with E-state index in [4.69, 9.17) is 11.6 Å². The van der Waals surface area contributed by atoms with Crippen molar-refractivity contribution in [1.29, 1.82) is 0 Å². The quantitative estimate of drug-likeness (QED) is 0.518. The van der Waals surface area contributed by atoms with Gasteiger partial charge in [-0.1, -0.05) is 29.3 Å². The fraction of sp³-hybridized carbons (Fsp3) is 0.400. The number of halogens is 1. The van der Waals surface area contributed by atoms with Crippen LogP contribution in [0, 0.1) is 11.8 Å². The van der Waals surface area contributed by atoms with Crippen LogP contribution in [0.1, 0.15) is 13.3 Å². The molecule has 2 rings (SSSR count). The molecule has 0 bridgehead atoms. The molecule has 2 atom stereocenters. The van der Waals surface area contributed by atoms with E-state index in [2.05, 4.69) is 19.1 Å². The molecule has 1 heteroatoms. The molecule has 1 saturated carbocycles. The number of allylic oxidation sites excluding steroid dienone is 6. The van der Waals surface area contributed by atoms with E-state index in [9.17, 15) is 0 Å². The number of rotatable bonds is 0. The first kappa shape index (κ1) is 7.17. The van der Waals surface area contributed by atoms with Crippen LogP contribution in [0.15, 0.2) is 34.9 Å². The molecule has 2 aliphatic rings. The van der Waals surface area contributed by atoms with Gasteiger partial charge in [0.15, 0.2) is 0 Å². The molecule has 0 amide bonds. The van der Waals surface area contributed by atoms with Gasteiger partial charge in [0.05, 0.1) is 0 Å². The van der Waals surface area contributed by atoms with Crippen molar-refractivity contribution in [3.8, 4) is 0 Å². The zero-order valence-electron chi connectivity index (χ0n) is 6.55. The van der Waals surface area contributed by atoms with Crippen LogP contribution >= 0.6 is 11.6 Å². The maximum Gasteiger partial charge on any atom is 0.0402 e. The third-order valence-corrected chi connectivity index (χ3v) is 2.68. The van der Waals surface area contributed by atoms with Crippen LogP contribution in [0.3, 0.4) is 0 Å². The Morgan fingerprint density at radius 2 is 2.27 bits per heavy atom. The zero-order chi connectivity index (χ0) is 7.84. The van der Waals surface area contributed by atoms with E-state index in [-0.39, 0.29) is 0 Å². The van der Waals surface area contributed by atoms with Crippen LogP contribution in [0.5, 0.6) is 0 Å². The molecule has 0 aromatic carbocycles. The highest BCUT2D eigenvalue weighted by Gasteiger charge is 2.35. The van der Waals surface area contributed by atoms with Crippen LogP contribution < -0.4 is 0 Å². The normalized spacial score (nSPS) is 47.1. The molecular formula is C10H11Cl. The molecule has 0 N–H and O–H groups in total. The van der Waals surface area contributed by atoms with E-state index in [1.807, 2.05) is 12.2 Å². The first-order chi connectivity index (χ1) is 5.27. The predicted octanol–water partition coefficient (Wildman–Crippen LogP) is 3.26. The molecule has 0 nitrogen and oxygen atoms in total. The van der Waals surface area contributed by atoms with Crippen LogP contribution in [-0.2, 0) is 0 Å². The van der Waals surface area contributed by atoms with Gasteiger partial charge in [0, 0.05) is 5.03 Å². The van der Waals surface area contributed by atoms with E-state index in [0.29, 0.717) is 0 Å². The van der Waals surface area contributed by atoms with E-state index in [1.54, 1.807) is 0 Å². The van der Waals surface area contributed by atoms with Gasteiger partial charge in [0.2, 0.25) is 0 Å². The summed E-state index contributed by atoms with van der Waals surface area (Å²) in [7, 11) is 0. The summed E-state index contributed by atoms with van der Waals surface area (Å²) in [5.41, 5.74) is 1.47. The maximum atomic E-state index is 5.87. The summed E-state index contributed by atoms with van der Waals surface area (Å²) in [6.07, 6.45) is 9.66. The number of hydrogen-bond acceptors (Lipinski definition) is 0. The van der Waals surface area contributed by atoms with Crippen molar-refractivity contribution in [2.75, 3.05) is 0 Å². The molecule has 0 saturated heterocycles. The Labute approximate surface area is 72.2 Å². The highest BCUT2D eigenvalue weighted by Crippen LogP contribution is 2.45. The van der Waals surface area contributed by atoms with Crippen molar-refractivity contribution in [3.05, 3.63) is 34.9 Å². The Hall–Kier alpha value is -0.490. The minimum atomic E-state index is 0.772. The Morgan fingerprint density at radius 1 is 1.45 bits per heavy atom. The molecular weight excluding hydrogens is 156 g/mol. The lowest BCUT2D eigenvalue weighted by atomic mass is 10.1. The molecule has 0 heterocycles. The van der Waals surface area contributed by atoms with Crippen molar-refractivity contribution < 1.29 is 0 Å². The molecule has 0 aliphatic heterocycles. The molecule has 0 aromatic heterocycles. The largest absolute Gasteiger partial charge is 0.0844 e. The summed E-state index contributed by atoms with van der Waals surface area (Å²) >= 11 is 5.87. The third-order valence-electron chi connectivity index (χ3n) is 2.43. The molecule has 0 radical (unpaired) electrons. The third kappa shape index (κ3) is 1.41. The lowest BCUT2D eigenvalue weighted by Crippen LogP contribution is -1.83. The van der Waals surface area contributed by atoms with Gasteiger partial charge in [0.1, 0.15) is 0 Å². The fourth-order valence-electron chi connectivity index (χ4n) is 1.56. The smallest absolute Gasteiger partial charge is 0.0402 e. The van der Waals surface area contributed by atoms with Gasteiger partial charge in [-0.2, -0.15) is 0 Å². The van der Waals surface area contributed by atoms with Gasteiger partial charge in [-0.25, -0.2) is 0 Å². The molecule has 1 fully saturated rings. The highest BCUT2D eigenvalue weighted by atomic mass is 35.5. The fourth-order valence-corrected chi connectivity index (χ4v) is 1.69. The van der Waals surface area contributed by atoms with Crippen LogP contribution in [0.4, 0.5) is 0 Å². The second-order valence-corrected chi connectivity index (χ2v) is 3.76. The van der Waals surface area contributed by atoms with Crippen LogP contribution in [-0.4, -0.2) is 0 Å². The summed E-state index contributed by atoms with van der Waals surface area (Å²) in [6.45, 7) is 2.19. The van der Waals surface area contributed by atoms with E-state index < -0.39 is 0 Å². The number of hydrogen-bond donors (Lipinski definition) is 0. The lowest BCUT2D eigenvalue weighted by Gasteiger charge is -1.98.